The Labute approximate surface area is 239 Å². The zero-order valence-electron chi connectivity index (χ0n) is 20.8. The van der Waals surface area contributed by atoms with Gasteiger partial charge in [0.15, 0.2) is 5.04 Å². The van der Waals surface area contributed by atoms with Crippen molar-refractivity contribution in [1.82, 2.24) is 0 Å². The molecule has 0 N–H and O–H groups in total. The molecular formula is C30H20ClN5O3S. The van der Waals surface area contributed by atoms with Crippen molar-refractivity contribution in [2.24, 2.45) is 10.2 Å². The van der Waals surface area contributed by atoms with Crippen molar-refractivity contribution < 1.29 is 9.72 Å². The molecule has 196 valence electrons. The number of non-ortho nitro benzene ring substituents is 1. The lowest BCUT2D eigenvalue weighted by molar-refractivity contribution is -0.384. The largest absolute Gasteiger partial charge is 0.286 e. The number of hydrogen-bond donors (Lipinski definition) is 0. The number of nitro benzene ring substituents is 1. The maximum absolute atomic E-state index is 13.6. The molecule has 2 aliphatic heterocycles. The molecule has 0 amide bonds. The third-order valence-corrected chi connectivity index (χ3v) is 7.88. The molecule has 6 rings (SSSR count). The molecule has 2 aliphatic rings. The van der Waals surface area contributed by atoms with Gasteiger partial charge in [-0.25, -0.2) is 10.0 Å². The molecule has 0 saturated heterocycles. The third kappa shape index (κ3) is 4.66. The topological polar surface area (TPSA) is 91.4 Å². The first-order valence-corrected chi connectivity index (χ1v) is 13.5. The zero-order chi connectivity index (χ0) is 27.7. The maximum Gasteiger partial charge on any atom is 0.269 e. The summed E-state index contributed by atoms with van der Waals surface area (Å²) >= 11 is 7.38. The smallest absolute Gasteiger partial charge is 0.269 e. The Bertz CT molecular complexity index is 1680. The van der Waals surface area contributed by atoms with Crippen molar-refractivity contribution in [3.8, 4) is 0 Å². The van der Waals surface area contributed by atoms with E-state index >= 15 is 0 Å². The molecule has 4 aromatic rings. The lowest BCUT2D eigenvalue weighted by Gasteiger charge is -2.43. The number of nitrogens with zero attached hydrogens (tertiary/aromatic N) is 5. The first-order chi connectivity index (χ1) is 19.4. The highest BCUT2D eigenvalue weighted by molar-refractivity contribution is 8.17. The maximum atomic E-state index is 13.6. The van der Waals surface area contributed by atoms with Gasteiger partial charge in [-0.2, -0.15) is 10.2 Å². The van der Waals surface area contributed by atoms with Crippen LogP contribution in [0.5, 0.6) is 0 Å². The number of para-hydroxylation sites is 1. The van der Waals surface area contributed by atoms with Gasteiger partial charge in [0.25, 0.3) is 5.69 Å². The molecule has 0 saturated carbocycles. The molecule has 0 fully saturated rings. The minimum atomic E-state index is -1.12. The van der Waals surface area contributed by atoms with E-state index in [1.54, 1.807) is 53.5 Å². The molecule has 2 heterocycles. The van der Waals surface area contributed by atoms with Crippen LogP contribution in [0.4, 0.5) is 17.1 Å². The highest BCUT2D eigenvalue weighted by Gasteiger charge is 2.51. The van der Waals surface area contributed by atoms with E-state index in [2.05, 4.69) is 0 Å². The molecule has 0 bridgehead atoms. The number of thioether (sulfide) groups is 1. The fourth-order valence-electron chi connectivity index (χ4n) is 4.43. The summed E-state index contributed by atoms with van der Waals surface area (Å²) in [6, 6.07) is 32.0. The van der Waals surface area contributed by atoms with E-state index in [4.69, 9.17) is 21.8 Å². The second kappa shape index (κ2) is 10.4. The van der Waals surface area contributed by atoms with E-state index in [0.717, 1.165) is 11.3 Å². The number of carbonyl (C=O) groups is 1. The van der Waals surface area contributed by atoms with Crippen LogP contribution in [0.25, 0.3) is 0 Å². The van der Waals surface area contributed by atoms with Crippen molar-refractivity contribution in [2.45, 2.75) is 4.99 Å². The highest BCUT2D eigenvalue weighted by atomic mass is 35.5. The summed E-state index contributed by atoms with van der Waals surface area (Å²) in [7, 11) is 0. The molecule has 1 spiro atoms. The Kier molecular flexibility index (Phi) is 6.67. The van der Waals surface area contributed by atoms with Gasteiger partial charge in [-0.3, -0.25) is 14.9 Å². The van der Waals surface area contributed by atoms with Crippen LogP contribution in [0.2, 0.25) is 5.02 Å². The van der Waals surface area contributed by atoms with E-state index < -0.39 is 9.92 Å². The number of anilines is 2. The normalized spacial score (nSPS) is 18.0. The molecule has 8 nitrogen and oxygen atoms in total. The van der Waals surface area contributed by atoms with Crippen LogP contribution < -0.4 is 10.0 Å². The van der Waals surface area contributed by atoms with E-state index in [-0.39, 0.29) is 16.5 Å². The molecule has 4 aromatic carbocycles. The number of halogens is 1. The zero-order valence-corrected chi connectivity index (χ0v) is 22.4. The average Bonchev–Trinajstić information content (AvgIpc) is 3.38. The second-order valence-electron chi connectivity index (χ2n) is 8.92. The quantitative estimate of drug-likeness (QED) is 0.140. The highest BCUT2D eigenvalue weighted by Crippen LogP contribution is 2.48. The molecule has 10 heteroatoms. The molecule has 0 unspecified atom stereocenters. The number of rotatable bonds is 6. The van der Waals surface area contributed by atoms with Crippen molar-refractivity contribution in [1.29, 1.82) is 0 Å². The summed E-state index contributed by atoms with van der Waals surface area (Å²) in [6.45, 7) is 0. The summed E-state index contributed by atoms with van der Waals surface area (Å²) in [5.74, 6) is -0.233. The van der Waals surface area contributed by atoms with Gasteiger partial charge in [-0.15, -0.1) is 0 Å². The standard InChI is InChI=1S/C30H20ClN5O3S/c31-23-13-11-21(12-14-23)27-19-20-30(34(32-27)24-9-5-2-6-10-24)35(25-15-17-26(18-16-25)36(38)39)33-29(40-30)28(37)22-7-3-1-4-8-22/h1-20H/t30-/m0/s1. The Morgan fingerprint density at radius 3 is 2.05 bits per heavy atom. The lowest BCUT2D eigenvalue weighted by Crippen LogP contribution is -2.53. The molecule has 0 aromatic heterocycles. The predicted octanol–water partition coefficient (Wildman–Crippen LogP) is 7.13. The van der Waals surface area contributed by atoms with Gasteiger partial charge in [0, 0.05) is 28.3 Å². The Balaban J connectivity index is 1.50. The van der Waals surface area contributed by atoms with Gasteiger partial charge in [-0.05, 0) is 60.3 Å². The van der Waals surface area contributed by atoms with Gasteiger partial charge < -0.3 is 0 Å². The minimum absolute atomic E-state index is 0.0450. The van der Waals surface area contributed by atoms with Crippen molar-refractivity contribution in [3.05, 3.63) is 148 Å². The monoisotopic (exact) mass is 565 g/mol. The SMILES string of the molecule is O=C(C1=NN(c2ccc([N+](=O)[O-])cc2)[C@@]2(C=CC(c3ccc(Cl)cc3)=NN2c2ccccc2)S1)c1ccccc1. The molecular weight excluding hydrogens is 546 g/mol. The number of Topliss-reactive ketones (excluding diaryl/α,β-unsaturated/α-hetero) is 1. The van der Waals surface area contributed by atoms with E-state index in [1.165, 1.54) is 23.9 Å². The van der Waals surface area contributed by atoms with Gasteiger partial charge >= 0.3 is 0 Å². The third-order valence-electron chi connectivity index (χ3n) is 6.39. The summed E-state index contributed by atoms with van der Waals surface area (Å²) in [6.07, 6.45) is 3.83. The number of ketones is 1. The van der Waals surface area contributed by atoms with Crippen molar-refractivity contribution in [3.63, 3.8) is 0 Å². The fraction of sp³-hybridized carbons (Fsp3) is 0.0333. The van der Waals surface area contributed by atoms with Crippen LogP contribution in [-0.2, 0) is 0 Å². The molecule has 0 radical (unpaired) electrons. The van der Waals surface area contributed by atoms with Gasteiger partial charge in [-0.1, -0.05) is 72.3 Å². The van der Waals surface area contributed by atoms with Crippen LogP contribution in [0.1, 0.15) is 15.9 Å². The first-order valence-electron chi connectivity index (χ1n) is 12.3. The molecule has 1 atom stereocenters. The fourth-order valence-corrected chi connectivity index (χ4v) is 5.77. The number of allylic oxidation sites excluding steroid dienone is 1. The Morgan fingerprint density at radius 2 is 1.40 bits per heavy atom. The van der Waals surface area contributed by atoms with E-state index in [0.29, 0.717) is 22.0 Å². The van der Waals surface area contributed by atoms with Crippen LogP contribution in [0, 0.1) is 10.1 Å². The minimum Gasteiger partial charge on any atom is -0.286 e. The average molecular weight is 566 g/mol. The number of hydrazone groups is 2. The van der Waals surface area contributed by atoms with E-state index in [9.17, 15) is 14.9 Å². The summed E-state index contributed by atoms with van der Waals surface area (Å²) < 4.78 is 0. The van der Waals surface area contributed by atoms with Crippen molar-refractivity contribution in [2.75, 3.05) is 10.0 Å². The second-order valence-corrected chi connectivity index (χ2v) is 10.5. The molecule has 0 aliphatic carbocycles. The van der Waals surface area contributed by atoms with Gasteiger partial charge in [0.1, 0.15) is 0 Å². The van der Waals surface area contributed by atoms with E-state index in [1.807, 2.05) is 65.7 Å². The summed E-state index contributed by atoms with van der Waals surface area (Å²) in [5, 5.41) is 25.5. The summed E-state index contributed by atoms with van der Waals surface area (Å²) in [5.41, 5.74) is 3.34. The lowest BCUT2D eigenvalue weighted by atomic mass is 10.1. The van der Waals surface area contributed by atoms with Crippen LogP contribution in [0.15, 0.2) is 132 Å². The van der Waals surface area contributed by atoms with Crippen LogP contribution >= 0.6 is 23.4 Å². The number of carbonyl (C=O) groups excluding carboxylic acids is 1. The number of hydrogen-bond acceptors (Lipinski definition) is 8. The van der Waals surface area contributed by atoms with Gasteiger partial charge in [0.2, 0.25) is 10.8 Å². The predicted molar refractivity (Wildman–Crippen MR) is 160 cm³/mol. The van der Waals surface area contributed by atoms with Crippen LogP contribution in [0.3, 0.4) is 0 Å². The van der Waals surface area contributed by atoms with Gasteiger partial charge in [0.05, 0.1) is 22.0 Å². The number of nitro groups is 1. The van der Waals surface area contributed by atoms with Crippen LogP contribution in [-0.4, -0.2) is 26.5 Å². The summed E-state index contributed by atoms with van der Waals surface area (Å²) in [4.78, 5) is 23.4. The Morgan fingerprint density at radius 1 is 0.800 bits per heavy atom. The first kappa shape index (κ1) is 25.5. The Hall–Kier alpha value is -4.73. The molecule has 40 heavy (non-hydrogen) atoms. The van der Waals surface area contributed by atoms with Crippen molar-refractivity contribution >= 4 is 57.0 Å². The number of benzene rings is 4.